The molecule has 24 heavy (non-hydrogen) atoms. The number of benzene rings is 2. The number of carbonyl (C=O) groups is 1. The Morgan fingerprint density at radius 2 is 1.83 bits per heavy atom. The van der Waals surface area contributed by atoms with Crippen LogP contribution >= 0.6 is 11.3 Å². The highest BCUT2D eigenvalue weighted by Gasteiger charge is 2.09. The Morgan fingerprint density at radius 1 is 1.12 bits per heavy atom. The SMILES string of the molecule is N#C/C(=C\c1ccc(C(=O)O)cc1)c1nc(-c2ccccc2)cs1. The average molecular weight is 332 g/mol. The molecule has 116 valence electrons. The number of hydrogen-bond acceptors (Lipinski definition) is 4. The molecule has 3 aromatic rings. The highest BCUT2D eigenvalue weighted by molar-refractivity contribution is 7.11. The lowest BCUT2D eigenvalue weighted by molar-refractivity contribution is 0.0697. The Morgan fingerprint density at radius 3 is 2.46 bits per heavy atom. The van der Waals surface area contributed by atoms with E-state index in [4.69, 9.17) is 5.11 Å². The van der Waals surface area contributed by atoms with Gasteiger partial charge in [-0.15, -0.1) is 11.3 Å². The van der Waals surface area contributed by atoms with Gasteiger partial charge in [-0.1, -0.05) is 42.5 Å². The molecule has 4 nitrogen and oxygen atoms in total. The Kier molecular flexibility index (Phi) is 4.50. The molecule has 2 aromatic carbocycles. The maximum Gasteiger partial charge on any atom is 0.335 e. The molecular formula is C19H12N2O2S. The van der Waals surface area contributed by atoms with E-state index in [0.717, 1.165) is 16.8 Å². The van der Waals surface area contributed by atoms with Crippen LogP contribution in [0.5, 0.6) is 0 Å². The predicted octanol–water partition coefficient (Wildman–Crippen LogP) is 4.57. The Hall–Kier alpha value is -3.23. The van der Waals surface area contributed by atoms with Gasteiger partial charge in [-0.05, 0) is 23.8 Å². The van der Waals surface area contributed by atoms with Crippen molar-refractivity contribution in [2.24, 2.45) is 0 Å². The number of nitriles is 1. The van der Waals surface area contributed by atoms with Gasteiger partial charge < -0.3 is 5.11 Å². The molecule has 0 aliphatic heterocycles. The van der Waals surface area contributed by atoms with Gasteiger partial charge in [-0.2, -0.15) is 5.26 Å². The normalized spacial score (nSPS) is 11.0. The molecule has 0 bridgehead atoms. The number of hydrogen-bond donors (Lipinski definition) is 1. The summed E-state index contributed by atoms with van der Waals surface area (Å²) in [6.07, 6.45) is 1.71. The zero-order valence-corrected chi connectivity index (χ0v) is 13.3. The molecule has 0 unspecified atom stereocenters. The Labute approximate surface area is 143 Å². The molecule has 0 radical (unpaired) electrons. The van der Waals surface area contributed by atoms with Crippen molar-refractivity contribution in [1.29, 1.82) is 5.26 Å². The molecule has 0 atom stereocenters. The minimum absolute atomic E-state index is 0.214. The van der Waals surface area contributed by atoms with Gasteiger partial charge >= 0.3 is 5.97 Å². The molecule has 0 amide bonds. The second-order valence-corrected chi connectivity index (χ2v) is 5.86. The quantitative estimate of drug-likeness (QED) is 0.710. The van der Waals surface area contributed by atoms with E-state index in [2.05, 4.69) is 11.1 Å². The smallest absolute Gasteiger partial charge is 0.335 e. The van der Waals surface area contributed by atoms with Crippen LogP contribution in [0.4, 0.5) is 0 Å². The van der Waals surface area contributed by atoms with Crippen molar-refractivity contribution >= 4 is 29.0 Å². The summed E-state index contributed by atoms with van der Waals surface area (Å²) in [4.78, 5) is 15.4. The van der Waals surface area contributed by atoms with Crippen LogP contribution in [-0.4, -0.2) is 16.1 Å². The number of thiazole rings is 1. The lowest BCUT2D eigenvalue weighted by Gasteiger charge is -1.98. The second kappa shape index (κ2) is 6.90. The maximum absolute atomic E-state index is 10.9. The van der Waals surface area contributed by atoms with Crippen LogP contribution in [0.15, 0.2) is 60.0 Å². The second-order valence-electron chi connectivity index (χ2n) is 5.00. The zero-order valence-electron chi connectivity index (χ0n) is 12.5. The number of carboxylic acid groups (broad SMARTS) is 1. The highest BCUT2D eigenvalue weighted by Crippen LogP contribution is 2.27. The van der Waals surface area contributed by atoms with E-state index < -0.39 is 5.97 Å². The molecule has 0 fully saturated rings. The van der Waals surface area contributed by atoms with Crippen molar-refractivity contribution in [2.45, 2.75) is 0 Å². The van der Waals surface area contributed by atoms with Crippen molar-refractivity contribution in [1.82, 2.24) is 4.98 Å². The topological polar surface area (TPSA) is 74.0 Å². The average Bonchev–Trinajstić information content (AvgIpc) is 3.11. The molecule has 1 heterocycles. The first-order valence-electron chi connectivity index (χ1n) is 7.14. The van der Waals surface area contributed by atoms with Gasteiger partial charge in [0.1, 0.15) is 11.1 Å². The summed E-state index contributed by atoms with van der Waals surface area (Å²) in [5.74, 6) is -0.974. The van der Waals surface area contributed by atoms with Gasteiger partial charge in [0, 0.05) is 10.9 Å². The van der Waals surface area contributed by atoms with Crippen LogP contribution in [0.25, 0.3) is 22.9 Å². The van der Waals surface area contributed by atoms with Crippen LogP contribution < -0.4 is 0 Å². The fraction of sp³-hybridized carbons (Fsp3) is 0. The van der Waals surface area contributed by atoms with Gasteiger partial charge in [0.15, 0.2) is 0 Å². The van der Waals surface area contributed by atoms with Gasteiger partial charge in [-0.25, -0.2) is 9.78 Å². The van der Waals surface area contributed by atoms with Crippen LogP contribution in [-0.2, 0) is 0 Å². The number of rotatable bonds is 4. The predicted molar refractivity (Wildman–Crippen MR) is 94.4 cm³/mol. The van der Waals surface area contributed by atoms with Crippen molar-refractivity contribution in [3.8, 4) is 17.3 Å². The molecule has 3 rings (SSSR count). The Balaban J connectivity index is 1.90. The van der Waals surface area contributed by atoms with E-state index in [1.807, 2.05) is 35.7 Å². The van der Waals surface area contributed by atoms with Crippen LogP contribution in [0.3, 0.4) is 0 Å². The van der Waals surface area contributed by atoms with E-state index in [9.17, 15) is 10.1 Å². The first kappa shape index (κ1) is 15.7. The number of nitrogens with zero attached hydrogens (tertiary/aromatic N) is 2. The summed E-state index contributed by atoms with van der Waals surface area (Å²) >= 11 is 1.41. The van der Waals surface area contributed by atoms with Gasteiger partial charge in [0.25, 0.3) is 0 Å². The summed E-state index contributed by atoms with van der Waals surface area (Å²) in [7, 11) is 0. The molecule has 0 saturated heterocycles. The summed E-state index contributed by atoms with van der Waals surface area (Å²) in [5.41, 5.74) is 3.26. The minimum Gasteiger partial charge on any atom is -0.478 e. The molecule has 1 aromatic heterocycles. The summed E-state index contributed by atoms with van der Waals surface area (Å²) in [6, 6.07) is 18.3. The van der Waals surface area contributed by atoms with E-state index >= 15 is 0 Å². The molecule has 1 N–H and O–H groups in total. The van der Waals surface area contributed by atoms with E-state index in [0.29, 0.717) is 10.6 Å². The summed E-state index contributed by atoms with van der Waals surface area (Å²) in [6.45, 7) is 0. The van der Waals surface area contributed by atoms with E-state index in [1.165, 1.54) is 23.5 Å². The first-order chi connectivity index (χ1) is 11.7. The minimum atomic E-state index is -0.974. The first-order valence-corrected chi connectivity index (χ1v) is 8.02. The van der Waals surface area contributed by atoms with Crippen molar-refractivity contribution in [2.75, 3.05) is 0 Å². The number of allylic oxidation sites excluding steroid dienone is 1. The van der Waals surface area contributed by atoms with Crippen LogP contribution in [0, 0.1) is 11.3 Å². The fourth-order valence-electron chi connectivity index (χ4n) is 2.17. The van der Waals surface area contributed by atoms with Crippen molar-refractivity contribution in [3.63, 3.8) is 0 Å². The molecule has 0 spiro atoms. The van der Waals surface area contributed by atoms with Crippen LogP contribution in [0.1, 0.15) is 20.9 Å². The highest BCUT2D eigenvalue weighted by atomic mass is 32.1. The third kappa shape index (κ3) is 3.40. The molecule has 0 saturated carbocycles. The van der Waals surface area contributed by atoms with Gasteiger partial charge in [0.05, 0.1) is 16.8 Å². The van der Waals surface area contributed by atoms with Crippen LogP contribution in [0.2, 0.25) is 0 Å². The third-order valence-corrected chi connectivity index (χ3v) is 4.27. The third-order valence-electron chi connectivity index (χ3n) is 3.39. The summed E-state index contributed by atoms with van der Waals surface area (Å²) in [5, 5.41) is 20.9. The monoisotopic (exact) mass is 332 g/mol. The maximum atomic E-state index is 10.9. The van der Waals surface area contributed by atoms with Gasteiger partial charge in [-0.3, -0.25) is 0 Å². The fourth-order valence-corrected chi connectivity index (χ4v) is 2.96. The molecular weight excluding hydrogens is 320 g/mol. The molecule has 0 aliphatic carbocycles. The van der Waals surface area contributed by atoms with Gasteiger partial charge in [0.2, 0.25) is 0 Å². The number of aromatic nitrogens is 1. The zero-order chi connectivity index (χ0) is 16.9. The molecule has 5 heteroatoms. The summed E-state index contributed by atoms with van der Waals surface area (Å²) < 4.78 is 0. The number of aromatic carboxylic acids is 1. The number of carboxylic acids is 1. The lowest BCUT2D eigenvalue weighted by Crippen LogP contribution is -1.94. The van der Waals surface area contributed by atoms with Crippen molar-refractivity contribution in [3.05, 3.63) is 76.1 Å². The standard InChI is InChI=1S/C19H12N2O2S/c20-11-16(10-13-6-8-15(9-7-13)19(22)23)18-21-17(12-24-18)14-4-2-1-3-5-14/h1-10,12H,(H,22,23)/b16-10+. The Bertz CT molecular complexity index is 936. The lowest BCUT2D eigenvalue weighted by atomic mass is 10.1. The molecule has 0 aliphatic rings. The largest absolute Gasteiger partial charge is 0.478 e. The van der Waals surface area contributed by atoms with E-state index in [1.54, 1.807) is 18.2 Å². The van der Waals surface area contributed by atoms with E-state index in [-0.39, 0.29) is 5.56 Å². The van der Waals surface area contributed by atoms with Crippen molar-refractivity contribution < 1.29 is 9.90 Å².